The fraction of sp³-hybridized carbons (Fsp3) is 0.429. The molecule has 110 valence electrons. The highest BCUT2D eigenvalue weighted by Gasteiger charge is 2.18. The van der Waals surface area contributed by atoms with Gasteiger partial charge in [0, 0.05) is 0 Å². The van der Waals surface area contributed by atoms with Gasteiger partial charge in [-0.1, -0.05) is 18.2 Å². The molecule has 0 bridgehead atoms. The lowest BCUT2D eigenvalue weighted by Crippen LogP contribution is -2.43. The highest BCUT2D eigenvalue weighted by molar-refractivity contribution is 5.79. The van der Waals surface area contributed by atoms with Crippen molar-refractivity contribution in [3.8, 4) is 5.75 Å². The number of likely N-dealkylation sites (N-methyl/N-ethyl adjacent to an activating group) is 1. The number of rotatable bonds is 8. The minimum Gasteiger partial charge on any atom is -0.492 e. The standard InChI is InChI=1S/C14H20N2O4/c1-11(14(18)19)16(2)10-13(17)15-8-9-20-12-6-4-3-5-7-12/h3-7,11H,8-10H2,1-2H3,(H,15,17)(H,18,19). The van der Waals surface area contributed by atoms with Crippen molar-refractivity contribution >= 4 is 11.9 Å². The van der Waals surface area contributed by atoms with Crippen LogP contribution in [0.1, 0.15) is 6.92 Å². The second-order valence-electron chi connectivity index (χ2n) is 4.44. The monoisotopic (exact) mass is 280 g/mol. The van der Waals surface area contributed by atoms with Crippen LogP contribution in [0.15, 0.2) is 30.3 Å². The first kappa shape index (κ1) is 16.0. The molecule has 2 N–H and O–H groups in total. The summed E-state index contributed by atoms with van der Waals surface area (Å²) in [5.74, 6) is -0.427. The molecule has 0 aliphatic carbocycles. The lowest BCUT2D eigenvalue weighted by atomic mass is 10.3. The van der Waals surface area contributed by atoms with Crippen LogP contribution in [0.5, 0.6) is 5.75 Å². The summed E-state index contributed by atoms with van der Waals surface area (Å²) in [4.78, 5) is 23.8. The van der Waals surface area contributed by atoms with Gasteiger partial charge in [0.2, 0.25) is 5.91 Å². The fourth-order valence-electron chi connectivity index (χ4n) is 1.48. The number of carbonyl (C=O) groups is 2. The van der Waals surface area contributed by atoms with Crippen molar-refractivity contribution in [2.45, 2.75) is 13.0 Å². The Balaban J connectivity index is 2.19. The molecule has 1 amide bonds. The van der Waals surface area contributed by atoms with Gasteiger partial charge in [0.05, 0.1) is 13.1 Å². The minimum absolute atomic E-state index is 0.0405. The predicted octanol–water partition coefficient (Wildman–Crippen LogP) is 0.586. The van der Waals surface area contributed by atoms with Crippen LogP contribution in [0.2, 0.25) is 0 Å². The van der Waals surface area contributed by atoms with Gasteiger partial charge in [-0.25, -0.2) is 0 Å². The number of para-hydroxylation sites is 1. The third kappa shape index (κ3) is 5.71. The minimum atomic E-state index is -0.951. The first-order valence-corrected chi connectivity index (χ1v) is 6.38. The second-order valence-corrected chi connectivity index (χ2v) is 4.44. The van der Waals surface area contributed by atoms with E-state index in [9.17, 15) is 9.59 Å². The number of carbonyl (C=O) groups excluding carboxylic acids is 1. The maximum atomic E-state index is 11.6. The number of benzene rings is 1. The molecule has 0 aromatic heterocycles. The zero-order valence-corrected chi connectivity index (χ0v) is 11.7. The Morgan fingerprint density at radius 3 is 2.60 bits per heavy atom. The van der Waals surface area contributed by atoms with E-state index in [-0.39, 0.29) is 12.5 Å². The Morgan fingerprint density at radius 2 is 2.00 bits per heavy atom. The van der Waals surface area contributed by atoms with E-state index in [2.05, 4.69) is 5.32 Å². The average molecular weight is 280 g/mol. The van der Waals surface area contributed by atoms with Gasteiger partial charge in [0.1, 0.15) is 18.4 Å². The molecular formula is C14H20N2O4. The highest BCUT2D eigenvalue weighted by Crippen LogP contribution is 2.07. The molecule has 0 saturated heterocycles. The van der Waals surface area contributed by atoms with Crippen molar-refractivity contribution < 1.29 is 19.4 Å². The molecule has 0 aliphatic rings. The molecule has 1 atom stereocenters. The summed E-state index contributed by atoms with van der Waals surface area (Å²) in [7, 11) is 1.60. The van der Waals surface area contributed by atoms with Crippen LogP contribution >= 0.6 is 0 Å². The summed E-state index contributed by atoms with van der Waals surface area (Å²) >= 11 is 0. The van der Waals surface area contributed by atoms with E-state index >= 15 is 0 Å². The third-order valence-corrected chi connectivity index (χ3v) is 2.85. The van der Waals surface area contributed by atoms with Gasteiger partial charge >= 0.3 is 5.97 Å². The molecule has 0 spiro atoms. The first-order chi connectivity index (χ1) is 9.50. The summed E-state index contributed by atoms with van der Waals surface area (Å²) in [5.41, 5.74) is 0. The molecule has 0 radical (unpaired) electrons. The number of nitrogens with zero attached hydrogens (tertiary/aromatic N) is 1. The normalized spacial score (nSPS) is 11.9. The zero-order chi connectivity index (χ0) is 15.0. The molecule has 1 unspecified atom stereocenters. The number of nitrogens with one attached hydrogen (secondary N) is 1. The average Bonchev–Trinajstić information content (AvgIpc) is 2.43. The quantitative estimate of drug-likeness (QED) is 0.681. The van der Waals surface area contributed by atoms with Crippen LogP contribution in [0.25, 0.3) is 0 Å². The molecule has 6 heteroatoms. The molecule has 0 fully saturated rings. The molecule has 1 rings (SSSR count). The predicted molar refractivity (Wildman–Crippen MR) is 74.7 cm³/mol. The molecule has 1 aromatic carbocycles. The number of carboxylic acids is 1. The van der Waals surface area contributed by atoms with Gasteiger partial charge in [-0.05, 0) is 26.1 Å². The van der Waals surface area contributed by atoms with E-state index in [1.807, 2.05) is 30.3 Å². The fourth-order valence-corrected chi connectivity index (χ4v) is 1.48. The summed E-state index contributed by atoms with van der Waals surface area (Å²) in [5, 5.41) is 11.5. The largest absolute Gasteiger partial charge is 0.492 e. The van der Waals surface area contributed by atoms with Gasteiger partial charge < -0.3 is 15.2 Å². The third-order valence-electron chi connectivity index (χ3n) is 2.85. The lowest BCUT2D eigenvalue weighted by Gasteiger charge is -2.20. The Bertz CT molecular complexity index is 436. The van der Waals surface area contributed by atoms with Crippen LogP contribution in [0.3, 0.4) is 0 Å². The molecule has 1 aromatic rings. The molecule has 0 aliphatic heterocycles. The number of amides is 1. The number of aliphatic carboxylic acids is 1. The topological polar surface area (TPSA) is 78.9 Å². The van der Waals surface area contributed by atoms with Crippen LogP contribution in [-0.2, 0) is 9.59 Å². The van der Waals surface area contributed by atoms with E-state index in [1.54, 1.807) is 7.05 Å². The van der Waals surface area contributed by atoms with Gasteiger partial charge in [0.25, 0.3) is 0 Å². The van der Waals surface area contributed by atoms with Gasteiger partial charge in [-0.2, -0.15) is 0 Å². The molecule has 0 saturated carbocycles. The molecule has 20 heavy (non-hydrogen) atoms. The number of hydrogen-bond donors (Lipinski definition) is 2. The Labute approximate surface area is 118 Å². The molecular weight excluding hydrogens is 260 g/mol. The SMILES string of the molecule is CC(C(=O)O)N(C)CC(=O)NCCOc1ccccc1. The van der Waals surface area contributed by atoms with E-state index in [4.69, 9.17) is 9.84 Å². The van der Waals surface area contributed by atoms with E-state index in [0.717, 1.165) is 5.75 Å². The maximum absolute atomic E-state index is 11.6. The van der Waals surface area contributed by atoms with Gasteiger partial charge in [0.15, 0.2) is 0 Å². The van der Waals surface area contributed by atoms with Crippen molar-refractivity contribution in [2.24, 2.45) is 0 Å². The molecule has 0 heterocycles. The van der Waals surface area contributed by atoms with Crippen molar-refractivity contribution in [2.75, 3.05) is 26.7 Å². The molecule has 6 nitrogen and oxygen atoms in total. The lowest BCUT2D eigenvalue weighted by molar-refractivity contribution is -0.142. The van der Waals surface area contributed by atoms with E-state index < -0.39 is 12.0 Å². The maximum Gasteiger partial charge on any atom is 0.320 e. The van der Waals surface area contributed by atoms with Crippen LogP contribution in [0, 0.1) is 0 Å². The van der Waals surface area contributed by atoms with Crippen LogP contribution < -0.4 is 10.1 Å². The smallest absolute Gasteiger partial charge is 0.320 e. The van der Waals surface area contributed by atoms with E-state index in [1.165, 1.54) is 11.8 Å². The van der Waals surface area contributed by atoms with Crippen molar-refractivity contribution in [3.05, 3.63) is 30.3 Å². The van der Waals surface area contributed by atoms with Crippen LogP contribution in [0.4, 0.5) is 0 Å². The highest BCUT2D eigenvalue weighted by atomic mass is 16.5. The Morgan fingerprint density at radius 1 is 1.35 bits per heavy atom. The summed E-state index contributed by atoms with van der Waals surface area (Å²) in [6, 6.07) is 8.62. The Hall–Kier alpha value is -2.08. The van der Waals surface area contributed by atoms with Crippen molar-refractivity contribution in [3.63, 3.8) is 0 Å². The number of hydrogen-bond acceptors (Lipinski definition) is 4. The van der Waals surface area contributed by atoms with Gasteiger partial charge in [-0.15, -0.1) is 0 Å². The first-order valence-electron chi connectivity index (χ1n) is 6.38. The summed E-state index contributed by atoms with van der Waals surface area (Å²) in [6.45, 7) is 2.32. The van der Waals surface area contributed by atoms with Crippen molar-refractivity contribution in [1.82, 2.24) is 10.2 Å². The number of ether oxygens (including phenoxy) is 1. The van der Waals surface area contributed by atoms with Gasteiger partial charge in [-0.3, -0.25) is 14.5 Å². The van der Waals surface area contributed by atoms with Crippen LogP contribution in [-0.4, -0.2) is 54.7 Å². The summed E-state index contributed by atoms with van der Waals surface area (Å²) in [6.07, 6.45) is 0. The number of carboxylic acid groups (broad SMARTS) is 1. The van der Waals surface area contributed by atoms with E-state index in [0.29, 0.717) is 13.2 Å². The van der Waals surface area contributed by atoms with Crippen molar-refractivity contribution in [1.29, 1.82) is 0 Å². The Kier molecular flexibility index (Phi) is 6.52. The second kappa shape index (κ2) is 8.16. The summed E-state index contributed by atoms with van der Waals surface area (Å²) < 4.78 is 5.42. The zero-order valence-electron chi connectivity index (χ0n) is 11.7.